The van der Waals surface area contributed by atoms with E-state index in [1.165, 1.54) is 13.0 Å². The first-order chi connectivity index (χ1) is 6.43. The van der Waals surface area contributed by atoms with Crippen molar-refractivity contribution in [2.75, 3.05) is 0 Å². The second kappa shape index (κ2) is 4.04. The van der Waals surface area contributed by atoms with Crippen LogP contribution in [0.15, 0.2) is 17.0 Å². The zero-order chi connectivity index (χ0) is 10.9. The van der Waals surface area contributed by atoms with Crippen LogP contribution in [0.2, 0.25) is 5.02 Å². The van der Waals surface area contributed by atoms with Crippen LogP contribution in [0.25, 0.3) is 0 Å². The molecule has 76 valence electrons. The predicted octanol–water partition coefficient (Wildman–Crippen LogP) is 2.14. The summed E-state index contributed by atoms with van der Waals surface area (Å²) in [5.74, 6) is 0. The molecule has 0 fully saturated rings. The van der Waals surface area contributed by atoms with Crippen molar-refractivity contribution in [3.63, 3.8) is 0 Å². The zero-order valence-corrected chi connectivity index (χ0v) is 8.63. The first-order valence-corrected chi connectivity index (χ1v) is 4.97. The molecule has 1 N–H and O–H groups in total. The molecule has 0 aliphatic heterocycles. The number of nitrogens with zero attached hydrogens (tertiary/aromatic N) is 1. The molecule has 7 heteroatoms. The van der Waals surface area contributed by atoms with E-state index in [2.05, 4.69) is 0 Å². The second-order valence-corrected chi connectivity index (χ2v) is 3.92. The fraction of sp³-hybridized carbons (Fsp3) is 0.143. The SMILES string of the molecule is Cc1cc(Cl)c(S(=O)O)cc1[N+](=O)[O-]. The lowest BCUT2D eigenvalue weighted by Gasteiger charge is -2.01. The van der Waals surface area contributed by atoms with Crippen LogP contribution < -0.4 is 0 Å². The monoisotopic (exact) mass is 235 g/mol. The fourth-order valence-electron chi connectivity index (χ4n) is 0.973. The number of rotatable bonds is 2. The van der Waals surface area contributed by atoms with Crippen LogP contribution in [-0.2, 0) is 11.1 Å². The Morgan fingerprint density at radius 1 is 1.57 bits per heavy atom. The maximum absolute atomic E-state index is 10.7. The molecule has 0 bridgehead atoms. The van der Waals surface area contributed by atoms with Gasteiger partial charge in [-0.1, -0.05) is 11.6 Å². The minimum Gasteiger partial charge on any atom is -0.302 e. The van der Waals surface area contributed by atoms with Crippen LogP contribution >= 0.6 is 11.6 Å². The molecular formula is C7H6ClNO4S. The molecule has 1 unspecified atom stereocenters. The van der Waals surface area contributed by atoms with Crippen molar-refractivity contribution < 1.29 is 13.7 Å². The Kier molecular flexibility index (Phi) is 3.20. The predicted molar refractivity (Wildman–Crippen MR) is 51.9 cm³/mol. The molecule has 0 aliphatic rings. The number of benzene rings is 1. The standard InChI is InChI=1S/C7H6ClNO4S/c1-4-2-5(8)7(14(12)13)3-6(4)9(10)11/h2-3H,1H3,(H,12,13). The molecule has 1 rings (SSSR count). The van der Waals surface area contributed by atoms with Gasteiger partial charge in [-0.15, -0.1) is 0 Å². The molecule has 14 heavy (non-hydrogen) atoms. The minimum atomic E-state index is -2.31. The summed E-state index contributed by atoms with van der Waals surface area (Å²) >= 11 is 3.31. The van der Waals surface area contributed by atoms with Gasteiger partial charge in [-0.3, -0.25) is 10.1 Å². The molecule has 0 amide bonds. The average Bonchev–Trinajstić information content (AvgIpc) is 2.02. The third-order valence-electron chi connectivity index (χ3n) is 1.64. The fourth-order valence-corrected chi connectivity index (χ4v) is 1.83. The Hall–Kier alpha value is -0.980. The van der Waals surface area contributed by atoms with Crippen LogP contribution in [-0.4, -0.2) is 13.7 Å². The van der Waals surface area contributed by atoms with Crippen molar-refractivity contribution in [2.45, 2.75) is 11.8 Å². The highest BCUT2D eigenvalue weighted by molar-refractivity contribution is 7.79. The lowest BCUT2D eigenvalue weighted by Crippen LogP contribution is -1.96. The minimum absolute atomic E-state index is 0.0499. The lowest BCUT2D eigenvalue weighted by molar-refractivity contribution is -0.385. The number of halogens is 1. The van der Waals surface area contributed by atoms with E-state index in [1.807, 2.05) is 0 Å². The zero-order valence-electron chi connectivity index (χ0n) is 7.06. The van der Waals surface area contributed by atoms with Crippen LogP contribution in [0.4, 0.5) is 5.69 Å². The third kappa shape index (κ3) is 2.09. The van der Waals surface area contributed by atoms with Crippen molar-refractivity contribution in [2.24, 2.45) is 0 Å². The average molecular weight is 236 g/mol. The van der Waals surface area contributed by atoms with Crippen LogP contribution in [0, 0.1) is 17.0 Å². The molecule has 0 saturated heterocycles. The van der Waals surface area contributed by atoms with Gasteiger partial charge in [-0.05, 0) is 13.0 Å². The van der Waals surface area contributed by atoms with E-state index in [9.17, 15) is 14.3 Å². The quantitative estimate of drug-likeness (QED) is 0.484. The third-order valence-corrected chi connectivity index (χ3v) is 2.77. The molecule has 1 atom stereocenters. The Labute approximate surface area is 87.1 Å². The van der Waals surface area contributed by atoms with E-state index in [1.54, 1.807) is 0 Å². The summed E-state index contributed by atoms with van der Waals surface area (Å²) in [6.07, 6.45) is 0. The van der Waals surface area contributed by atoms with E-state index in [0.717, 1.165) is 6.07 Å². The summed E-state index contributed by atoms with van der Waals surface area (Å²) in [5.41, 5.74) is 0.140. The van der Waals surface area contributed by atoms with Crippen molar-refractivity contribution >= 4 is 28.4 Å². The van der Waals surface area contributed by atoms with Crippen molar-refractivity contribution in [1.82, 2.24) is 0 Å². The van der Waals surface area contributed by atoms with Gasteiger partial charge in [0, 0.05) is 11.6 Å². The Morgan fingerprint density at radius 2 is 2.14 bits per heavy atom. The van der Waals surface area contributed by atoms with Crippen LogP contribution in [0.3, 0.4) is 0 Å². The van der Waals surface area contributed by atoms with Crippen molar-refractivity contribution in [3.05, 3.63) is 32.8 Å². The van der Waals surface area contributed by atoms with Gasteiger partial charge in [0.05, 0.1) is 14.8 Å². The molecule has 0 radical (unpaired) electrons. The van der Waals surface area contributed by atoms with Crippen molar-refractivity contribution in [3.8, 4) is 0 Å². The van der Waals surface area contributed by atoms with E-state index in [4.69, 9.17) is 16.2 Å². The molecular weight excluding hydrogens is 230 g/mol. The van der Waals surface area contributed by atoms with E-state index in [-0.39, 0.29) is 15.6 Å². The summed E-state index contributed by atoms with van der Waals surface area (Å²) in [4.78, 5) is 9.72. The number of hydrogen-bond acceptors (Lipinski definition) is 3. The Morgan fingerprint density at radius 3 is 2.57 bits per heavy atom. The Balaban J connectivity index is 3.42. The summed E-state index contributed by atoms with van der Waals surface area (Å²) < 4.78 is 19.5. The smallest absolute Gasteiger partial charge is 0.273 e. The van der Waals surface area contributed by atoms with Gasteiger partial charge in [-0.2, -0.15) is 0 Å². The van der Waals surface area contributed by atoms with E-state index >= 15 is 0 Å². The van der Waals surface area contributed by atoms with Crippen molar-refractivity contribution in [1.29, 1.82) is 0 Å². The molecule has 0 aromatic heterocycles. The maximum Gasteiger partial charge on any atom is 0.273 e. The molecule has 5 nitrogen and oxygen atoms in total. The normalized spacial score (nSPS) is 12.5. The summed E-state index contributed by atoms with van der Waals surface area (Å²) in [7, 11) is 0. The highest BCUT2D eigenvalue weighted by Gasteiger charge is 2.17. The van der Waals surface area contributed by atoms with Gasteiger partial charge >= 0.3 is 0 Å². The molecule has 1 aromatic carbocycles. The van der Waals surface area contributed by atoms with Crippen LogP contribution in [0.5, 0.6) is 0 Å². The molecule has 0 aliphatic carbocycles. The van der Waals surface area contributed by atoms with E-state index < -0.39 is 16.0 Å². The number of nitro benzene ring substituents is 1. The van der Waals surface area contributed by atoms with Gasteiger partial charge in [0.2, 0.25) is 0 Å². The number of hydrogen-bond donors (Lipinski definition) is 1. The van der Waals surface area contributed by atoms with Crippen LogP contribution in [0.1, 0.15) is 5.56 Å². The summed E-state index contributed by atoms with van der Waals surface area (Å²) in [6.45, 7) is 1.51. The second-order valence-electron chi connectivity index (χ2n) is 2.58. The first-order valence-electron chi connectivity index (χ1n) is 3.49. The molecule has 1 aromatic rings. The Bertz CT molecular complexity index is 385. The lowest BCUT2D eigenvalue weighted by atomic mass is 10.2. The molecule has 0 saturated carbocycles. The topological polar surface area (TPSA) is 80.4 Å². The largest absolute Gasteiger partial charge is 0.302 e. The summed E-state index contributed by atoms with van der Waals surface area (Å²) in [5, 5.41) is 10.5. The number of aryl methyl sites for hydroxylation is 1. The van der Waals surface area contributed by atoms with Gasteiger partial charge in [0.25, 0.3) is 5.69 Å². The van der Waals surface area contributed by atoms with Gasteiger partial charge < -0.3 is 4.55 Å². The first kappa shape index (κ1) is 11.1. The number of nitro groups is 1. The molecule has 0 spiro atoms. The highest BCUT2D eigenvalue weighted by atomic mass is 35.5. The van der Waals surface area contributed by atoms with Gasteiger partial charge in [-0.25, -0.2) is 4.21 Å². The van der Waals surface area contributed by atoms with E-state index in [0.29, 0.717) is 5.56 Å². The summed E-state index contributed by atoms with van der Waals surface area (Å²) in [6, 6.07) is 2.30. The molecule has 0 heterocycles. The highest BCUT2D eigenvalue weighted by Crippen LogP contribution is 2.27. The van der Waals surface area contributed by atoms with Gasteiger partial charge in [0.1, 0.15) is 0 Å². The van der Waals surface area contributed by atoms with Gasteiger partial charge in [0.15, 0.2) is 11.1 Å². The maximum atomic E-state index is 10.7.